The third kappa shape index (κ3) is 10.2. The van der Waals surface area contributed by atoms with Gasteiger partial charge in [-0.2, -0.15) is 0 Å². The minimum Gasteiger partial charge on any atom is -0.414 e. The second-order valence-corrected chi connectivity index (χ2v) is 14.6. The van der Waals surface area contributed by atoms with E-state index in [0.717, 1.165) is 5.57 Å². The van der Waals surface area contributed by atoms with Gasteiger partial charge in [-0.3, -0.25) is 0 Å². The van der Waals surface area contributed by atoms with Gasteiger partial charge in [0.25, 0.3) is 0 Å². The lowest BCUT2D eigenvalue weighted by Gasteiger charge is -2.21. The molecule has 0 aromatic rings. The normalized spacial score (nSPS) is 13.0. The van der Waals surface area contributed by atoms with Gasteiger partial charge in [0, 0.05) is 0 Å². The molecule has 0 rings (SSSR count). The van der Waals surface area contributed by atoms with E-state index in [1.54, 1.807) is 0 Å². The lowest BCUT2D eigenvalue weighted by atomic mass is 10.4. The average molecular weight is 232 g/mol. The molecule has 0 amide bonds. The van der Waals surface area contributed by atoms with Crippen molar-refractivity contribution in [2.45, 2.75) is 39.3 Å². The van der Waals surface area contributed by atoms with E-state index in [1.165, 1.54) is 0 Å². The summed E-state index contributed by atoms with van der Waals surface area (Å²) in [5.74, 6) is 0. The molecule has 0 N–H and O–H groups in total. The highest BCUT2D eigenvalue weighted by Crippen LogP contribution is 2.08. The quantitative estimate of drug-likeness (QED) is 0.517. The summed E-state index contributed by atoms with van der Waals surface area (Å²) < 4.78 is 11.5. The third-order valence-corrected chi connectivity index (χ3v) is 3.44. The van der Waals surface area contributed by atoms with Crippen molar-refractivity contribution in [2.75, 3.05) is 13.2 Å². The molecule has 0 radical (unpaired) electrons. The van der Waals surface area contributed by atoms with Crippen molar-refractivity contribution in [1.29, 1.82) is 0 Å². The van der Waals surface area contributed by atoms with Crippen LogP contribution in [-0.4, -0.2) is 29.8 Å². The Morgan fingerprint density at radius 1 is 0.857 bits per heavy atom. The van der Waals surface area contributed by atoms with Gasteiger partial charge in [0.2, 0.25) is 0 Å². The SMILES string of the molecule is C=C(CO[Si](C)(C)C)CO[Si](C)(C)C. The standard InChI is InChI=1S/C10H24O2Si2/c1-10(8-11-13(2,3)4)9-12-14(5,6)7/h1,8-9H2,2-7H3. The van der Waals surface area contributed by atoms with Gasteiger partial charge in [0.05, 0.1) is 13.2 Å². The van der Waals surface area contributed by atoms with E-state index >= 15 is 0 Å². The molecule has 84 valence electrons. The second-order valence-electron chi connectivity index (χ2n) is 5.55. The molecule has 0 fully saturated rings. The lowest BCUT2D eigenvalue weighted by Crippen LogP contribution is -2.29. The zero-order valence-corrected chi connectivity index (χ0v) is 12.4. The topological polar surface area (TPSA) is 18.5 Å². The molecule has 2 nitrogen and oxygen atoms in total. The van der Waals surface area contributed by atoms with Crippen molar-refractivity contribution in [1.82, 2.24) is 0 Å². The third-order valence-electron chi connectivity index (χ3n) is 1.42. The van der Waals surface area contributed by atoms with Crippen molar-refractivity contribution in [3.05, 3.63) is 12.2 Å². The largest absolute Gasteiger partial charge is 0.414 e. The first kappa shape index (κ1) is 14.1. The Kier molecular flexibility index (Phi) is 5.29. The zero-order chi connectivity index (χ0) is 11.4. The van der Waals surface area contributed by atoms with Crippen LogP contribution in [0.4, 0.5) is 0 Å². The second kappa shape index (κ2) is 5.25. The van der Waals surface area contributed by atoms with Crippen molar-refractivity contribution in [2.24, 2.45) is 0 Å². The van der Waals surface area contributed by atoms with E-state index in [0.29, 0.717) is 13.2 Å². The van der Waals surface area contributed by atoms with Gasteiger partial charge in [-0.15, -0.1) is 0 Å². The van der Waals surface area contributed by atoms with Crippen molar-refractivity contribution < 1.29 is 8.85 Å². The van der Waals surface area contributed by atoms with E-state index in [4.69, 9.17) is 8.85 Å². The number of hydrogen-bond donors (Lipinski definition) is 0. The number of hydrogen-bond acceptors (Lipinski definition) is 2. The van der Waals surface area contributed by atoms with Crippen LogP contribution in [0.15, 0.2) is 12.2 Å². The summed E-state index contributed by atoms with van der Waals surface area (Å²) >= 11 is 0. The highest BCUT2D eigenvalue weighted by Gasteiger charge is 2.16. The van der Waals surface area contributed by atoms with E-state index in [1.807, 2.05) is 0 Å². The molecule has 0 atom stereocenters. The predicted octanol–water partition coefficient (Wildman–Crippen LogP) is 3.25. The molecule has 4 heteroatoms. The van der Waals surface area contributed by atoms with Crippen LogP contribution in [0.2, 0.25) is 39.3 Å². The average Bonchev–Trinajstić information content (AvgIpc) is 1.94. The molecule has 14 heavy (non-hydrogen) atoms. The highest BCUT2D eigenvalue weighted by molar-refractivity contribution is 6.70. The van der Waals surface area contributed by atoms with Crippen LogP contribution in [0.1, 0.15) is 0 Å². The smallest absolute Gasteiger partial charge is 0.184 e. The summed E-state index contributed by atoms with van der Waals surface area (Å²) in [6.07, 6.45) is 0. The van der Waals surface area contributed by atoms with Crippen LogP contribution in [0.5, 0.6) is 0 Å². The Labute approximate surface area is 90.6 Å². The molecule has 0 bridgehead atoms. The zero-order valence-electron chi connectivity index (χ0n) is 10.4. The Bertz CT molecular complexity index is 169. The predicted molar refractivity (Wildman–Crippen MR) is 67.7 cm³/mol. The molecule has 0 heterocycles. The lowest BCUT2D eigenvalue weighted by molar-refractivity contribution is 0.295. The van der Waals surface area contributed by atoms with Gasteiger partial charge in [-0.25, -0.2) is 0 Å². The molecule has 0 aliphatic rings. The van der Waals surface area contributed by atoms with E-state index in [9.17, 15) is 0 Å². The molecule has 0 saturated heterocycles. The fraction of sp³-hybridized carbons (Fsp3) is 0.800. The molecular weight excluding hydrogens is 208 g/mol. The monoisotopic (exact) mass is 232 g/mol. The fourth-order valence-electron chi connectivity index (χ4n) is 0.679. The van der Waals surface area contributed by atoms with Crippen LogP contribution >= 0.6 is 0 Å². The van der Waals surface area contributed by atoms with E-state index in [-0.39, 0.29) is 0 Å². The van der Waals surface area contributed by atoms with Crippen LogP contribution in [0.25, 0.3) is 0 Å². The van der Waals surface area contributed by atoms with Crippen LogP contribution in [0.3, 0.4) is 0 Å². The first-order valence-corrected chi connectivity index (χ1v) is 11.9. The maximum atomic E-state index is 5.73. The highest BCUT2D eigenvalue weighted by atomic mass is 28.4. The Balaban J connectivity index is 3.68. The Hall–Kier alpha value is 0.0938. The number of rotatable bonds is 6. The summed E-state index contributed by atoms with van der Waals surface area (Å²) in [6, 6.07) is 0. The summed E-state index contributed by atoms with van der Waals surface area (Å²) in [5, 5.41) is 0. The molecule has 0 aliphatic carbocycles. The minimum atomic E-state index is -1.40. The summed E-state index contributed by atoms with van der Waals surface area (Å²) in [5.41, 5.74) is 1.05. The molecule has 0 aromatic heterocycles. The summed E-state index contributed by atoms with van der Waals surface area (Å²) in [4.78, 5) is 0. The molecule has 0 saturated carbocycles. The van der Waals surface area contributed by atoms with Crippen LogP contribution in [-0.2, 0) is 8.85 Å². The fourth-order valence-corrected chi connectivity index (χ4v) is 1.95. The first-order chi connectivity index (χ1) is 6.10. The summed E-state index contributed by atoms with van der Waals surface area (Å²) in [7, 11) is -2.80. The molecule has 0 unspecified atom stereocenters. The van der Waals surface area contributed by atoms with Gasteiger partial charge < -0.3 is 8.85 Å². The van der Waals surface area contributed by atoms with Gasteiger partial charge in [0.1, 0.15) is 0 Å². The molecule has 0 spiro atoms. The minimum absolute atomic E-state index is 0.653. The first-order valence-electron chi connectivity index (χ1n) is 5.05. The van der Waals surface area contributed by atoms with Crippen LogP contribution in [0, 0.1) is 0 Å². The molecular formula is C10H24O2Si2. The Morgan fingerprint density at radius 2 is 1.14 bits per heavy atom. The maximum absolute atomic E-state index is 5.73. The van der Waals surface area contributed by atoms with Crippen molar-refractivity contribution in [3.8, 4) is 0 Å². The van der Waals surface area contributed by atoms with Crippen molar-refractivity contribution >= 4 is 16.6 Å². The van der Waals surface area contributed by atoms with E-state index < -0.39 is 16.6 Å². The maximum Gasteiger partial charge on any atom is 0.184 e. The Morgan fingerprint density at radius 3 is 1.36 bits per heavy atom. The molecule has 0 aliphatic heterocycles. The van der Waals surface area contributed by atoms with E-state index in [2.05, 4.69) is 45.9 Å². The molecule has 0 aromatic carbocycles. The van der Waals surface area contributed by atoms with Gasteiger partial charge in [-0.1, -0.05) is 6.58 Å². The van der Waals surface area contributed by atoms with Gasteiger partial charge in [0.15, 0.2) is 16.6 Å². The van der Waals surface area contributed by atoms with Crippen LogP contribution < -0.4 is 0 Å². The van der Waals surface area contributed by atoms with Gasteiger partial charge >= 0.3 is 0 Å². The van der Waals surface area contributed by atoms with Gasteiger partial charge in [-0.05, 0) is 44.9 Å². The van der Waals surface area contributed by atoms with Crippen molar-refractivity contribution in [3.63, 3.8) is 0 Å². The summed E-state index contributed by atoms with van der Waals surface area (Å²) in [6.45, 7) is 18.3.